The molecule has 0 radical (unpaired) electrons. The summed E-state index contributed by atoms with van der Waals surface area (Å²) in [6.07, 6.45) is 0.904. The number of hydrogen-bond acceptors (Lipinski definition) is 3. The molecule has 1 N–H and O–H groups in total. The largest absolute Gasteiger partial charge is 0.508 e. The molecule has 18 heavy (non-hydrogen) atoms. The number of phenolic OH excluding ortho intramolecular Hbond substituents is 1. The average Bonchev–Trinajstić information content (AvgIpc) is 2.32. The van der Waals surface area contributed by atoms with Gasteiger partial charge in [-0.25, -0.2) is 9.97 Å². The fourth-order valence-corrected chi connectivity index (χ4v) is 2.20. The molecule has 1 aromatic carbocycles. The molecule has 2 rings (SSSR count). The number of aromatic nitrogens is 2. The molecule has 0 aliphatic rings. The van der Waals surface area contributed by atoms with Gasteiger partial charge in [0.1, 0.15) is 11.6 Å². The van der Waals surface area contributed by atoms with Crippen molar-refractivity contribution in [3.05, 3.63) is 40.8 Å². The molecule has 0 saturated carbocycles. The Bertz CT molecular complexity index is 591. The SMILES string of the molecule is CCc1c(C)nc(C)nc1-c1ccc(O)c(C)c1. The summed E-state index contributed by atoms with van der Waals surface area (Å²) in [7, 11) is 0. The van der Waals surface area contributed by atoms with Crippen molar-refractivity contribution in [2.24, 2.45) is 0 Å². The van der Waals surface area contributed by atoms with E-state index in [1.165, 1.54) is 5.56 Å². The van der Waals surface area contributed by atoms with E-state index < -0.39 is 0 Å². The van der Waals surface area contributed by atoms with Gasteiger partial charge >= 0.3 is 0 Å². The van der Waals surface area contributed by atoms with E-state index in [2.05, 4.69) is 16.9 Å². The van der Waals surface area contributed by atoms with Gasteiger partial charge in [-0.3, -0.25) is 0 Å². The van der Waals surface area contributed by atoms with Crippen LogP contribution in [-0.2, 0) is 6.42 Å². The summed E-state index contributed by atoms with van der Waals surface area (Å²) in [6, 6.07) is 5.59. The van der Waals surface area contributed by atoms with E-state index in [0.29, 0.717) is 5.75 Å². The Hall–Kier alpha value is -1.90. The fourth-order valence-electron chi connectivity index (χ4n) is 2.20. The van der Waals surface area contributed by atoms with Crippen LogP contribution in [0.5, 0.6) is 5.75 Å². The number of hydrogen-bond donors (Lipinski definition) is 1. The zero-order chi connectivity index (χ0) is 13.3. The van der Waals surface area contributed by atoms with Gasteiger partial charge in [-0.1, -0.05) is 6.92 Å². The maximum atomic E-state index is 9.59. The first-order valence-electron chi connectivity index (χ1n) is 6.17. The van der Waals surface area contributed by atoms with Gasteiger partial charge in [0.15, 0.2) is 0 Å². The van der Waals surface area contributed by atoms with E-state index in [1.54, 1.807) is 6.07 Å². The first-order valence-corrected chi connectivity index (χ1v) is 6.17. The van der Waals surface area contributed by atoms with Crippen molar-refractivity contribution in [1.29, 1.82) is 0 Å². The van der Waals surface area contributed by atoms with Crippen LogP contribution >= 0.6 is 0 Å². The topological polar surface area (TPSA) is 46.0 Å². The maximum absolute atomic E-state index is 9.59. The van der Waals surface area contributed by atoms with Crippen molar-refractivity contribution in [1.82, 2.24) is 9.97 Å². The van der Waals surface area contributed by atoms with Crippen LogP contribution in [0.4, 0.5) is 0 Å². The number of rotatable bonds is 2. The van der Waals surface area contributed by atoms with Crippen LogP contribution in [-0.4, -0.2) is 15.1 Å². The molecule has 0 spiro atoms. The highest BCUT2D eigenvalue weighted by Gasteiger charge is 2.11. The highest BCUT2D eigenvalue weighted by molar-refractivity contribution is 5.66. The number of nitrogens with zero attached hydrogens (tertiary/aromatic N) is 2. The van der Waals surface area contributed by atoms with Crippen molar-refractivity contribution >= 4 is 0 Å². The zero-order valence-corrected chi connectivity index (χ0v) is 11.3. The third-order valence-corrected chi connectivity index (χ3v) is 3.15. The molecule has 0 bridgehead atoms. The third-order valence-electron chi connectivity index (χ3n) is 3.15. The molecule has 3 heteroatoms. The second-order valence-corrected chi connectivity index (χ2v) is 4.54. The van der Waals surface area contributed by atoms with Gasteiger partial charge in [-0.2, -0.15) is 0 Å². The molecule has 0 unspecified atom stereocenters. The molecular weight excluding hydrogens is 224 g/mol. The molecule has 0 aliphatic heterocycles. The molecule has 0 fully saturated rings. The first kappa shape index (κ1) is 12.6. The number of phenols is 1. The van der Waals surface area contributed by atoms with Gasteiger partial charge in [0, 0.05) is 11.3 Å². The lowest BCUT2D eigenvalue weighted by Gasteiger charge is -2.12. The Morgan fingerprint density at radius 3 is 2.44 bits per heavy atom. The van der Waals surface area contributed by atoms with E-state index in [-0.39, 0.29) is 0 Å². The lowest BCUT2D eigenvalue weighted by molar-refractivity contribution is 0.471. The molecule has 1 heterocycles. The zero-order valence-electron chi connectivity index (χ0n) is 11.3. The summed E-state index contributed by atoms with van der Waals surface area (Å²) in [4.78, 5) is 8.96. The van der Waals surface area contributed by atoms with Crippen LogP contribution in [0.25, 0.3) is 11.3 Å². The van der Waals surface area contributed by atoms with Gasteiger partial charge in [0.25, 0.3) is 0 Å². The van der Waals surface area contributed by atoms with Gasteiger partial charge in [-0.15, -0.1) is 0 Å². The molecule has 94 valence electrons. The Morgan fingerprint density at radius 2 is 1.83 bits per heavy atom. The van der Waals surface area contributed by atoms with Crippen LogP contribution in [0.1, 0.15) is 29.6 Å². The molecule has 0 saturated heterocycles. The molecule has 3 nitrogen and oxygen atoms in total. The summed E-state index contributed by atoms with van der Waals surface area (Å²) in [5, 5.41) is 9.59. The minimum atomic E-state index is 0.319. The van der Waals surface area contributed by atoms with Crippen LogP contribution in [0.15, 0.2) is 18.2 Å². The smallest absolute Gasteiger partial charge is 0.126 e. The lowest BCUT2D eigenvalue weighted by atomic mass is 10.0. The standard InChI is InChI=1S/C15H18N2O/c1-5-13-10(3)16-11(4)17-15(13)12-6-7-14(18)9(2)8-12/h6-8,18H,5H2,1-4H3. The summed E-state index contributed by atoms with van der Waals surface area (Å²) in [5.74, 6) is 1.10. The number of benzene rings is 1. The van der Waals surface area contributed by atoms with Gasteiger partial charge in [0.05, 0.1) is 5.69 Å². The van der Waals surface area contributed by atoms with Crippen LogP contribution < -0.4 is 0 Å². The quantitative estimate of drug-likeness (QED) is 0.878. The summed E-state index contributed by atoms with van der Waals surface area (Å²) in [5.41, 5.74) is 5.08. The van der Waals surface area contributed by atoms with Crippen LogP contribution in [0.2, 0.25) is 0 Å². The van der Waals surface area contributed by atoms with Crippen molar-refractivity contribution in [2.75, 3.05) is 0 Å². The Morgan fingerprint density at radius 1 is 1.11 bits per heavy atom. The van der Waals surface area contributed by atoms with Gasteiger partial charge in [0.2, 0.25) is 0 Å². The Kier molecular flexibility index (Phi) is 3.32. The average molecular weight is 242 g/mol. The second kappa shape index (κ2) is 4.77. The molecular formula is C15H18N2O. The highest BCUT2D eigenvalue weighted by atomic mass is 16.3. The Balaban J connectivity index is 2.65. The Labute approximate surface area is 108 Å². The molecule has 0 amide bonds. The highest BCUT2D eigenvalue weighted by Crippen LogP contribution is 2.28. The fraction of sp³-hybridized carbons (Fsp3) is 0.333. The van der Waals surface area contributed by atoms with Crippen molar-refractivity contribution < 1.29 is 5.11 Å². The monoisotopic (exact) mass is 242 g/mol. The van der Waals surface area contributed by atoms with Crippen molar-refractivity contribution in [2.45, 2.75) is 34.1 Å². The van der Waals surface area contributed by atoms with Crippen molar-refractivity contribution in [3.63, 3.8) is 0 Å². The normalized spacial score (nSPS) is 10.7. The molecule has 1 aromatic heterocycles. The number of aromatic hydroxyl groups is 1. The third kappa shape index (κ3) is 2.21. The van der Waals surface area contributed by atoms with Crippen LogP contribution in [0, 0.1) is 20.8 Å². The maximum Gasteiger partial charge on any atom is 0.126 e. The van der Waals surface area contributed by atoms with Gasteiger partial charge in [-0.05, 0) is 56.5 Å². The van der Waals surface area contributed by atoms with E-state index in [4.69, 9.17) is 0 Å². The van der Waals surface area contributed by atoms with E-state index in [9.17, 15) is 5.11 Å². The summed E-state index contributed by atoms with van der Waals surface area (Å²) < 4.78 is 0. The van der Waals surface area contributed by atoms with Crippen molar-refractivity contribution in [3.8, 4) is 17.0 Å². The first-order chi connectivity index (χ1) is 8.52. The van der Waals surface area contributed by atoms with Crippen LogP contribution in [0.3, 0.4) is 0 Å². The molecule has 0 atom stereocenters. The van der Waals surface area contributed by atoms with E-state index in [0.717, 1.165) is 34.8 Å². The molecule has 0 aliphatic carbocycles. The second-order valence-electron chi connectivity index (χ2n) is 4.54. The summed E-state index contributed by atoms with van der Waals surface area (Å²) >= 11 is 0. The minimum Gasteiger partial charge on any atom is -0.508 e. The van der Waals surface area contributed by atoms with Gasteiger partial charge < -0.3 is 5.11 Å². The summed E-state index contributed by atoms with van der Waals surface area (Å²) in [6.45, 7) is 7.93. The predicted molar refractivity (Wildman–Crippen MR) is 72.7 cm³/mol. The molecule has 2 aromatic rings. The minimum absolute atomic E-state index is 0.319. The number of aryl methyl sites for hydroxylation is 3. The predicted octanol–water partition coefficient (Wildman–Crippen LogP) is 3.34. The van der Waals surface area contributed by atoms with E-state index >= 15 is 0 Å². The lowest BCUT2D eigenvalue weighted by Crippen LogP contribution is -2.01. The van der Waals surface area contributed by atoms with E-state index in [1.807, 2.05) is 32.9 Å².